The zero-order valence-corrected chi connectivity index (χ0v) is 10.4. The zero-order valence-electron chi connectivity index (χ0n) is 7.08. The monoisotopic (exact) mass is 315 g/mol. The molecule has 81 valence electrons. The van der Waals surface area contributed by atoms with Crippen LogP contribution >= 0.6 is 0 Å². The fourth-order valence-electron chi connectivity index (χ4n) is 0.881. The van der Waals surface area contributed by atoms with Gasteiger partial charge in [-0.1, -0.05) is 0 Å². The summed E-state index contributed by atoms with van der Waals surface area (Å²) < 4.78 is 63.3. The molecular weight excluding hydrogens is 312 g/mol. The first-order valence-electron chi connectivity index (χ1n) is 3.54. The number of para-hydroxylation sites is 1. The van der Waals surface area contributed by atoms with Gasteiger partial charge in [-0.2, -0.15) is 0 Å². The summed E-state index contributed by atoms with van der Waals surface area (Å²) in [6, 6.07) is 4.64. The minimum atomic E-state index is -5.33. The molecule has 15 heavy (non-hydrogen) atoms. The van der Waals surface area contributed by atoms with E-state index in [2.05, 4.69) is 2.81 Å². The molecule has 0 saturated carbocycles. The van der Waals surface area contributed by atoms with Crippen LogP contribution in [0.5, 0.6) is 5.75 Å². The molecule has 0 heterocycles. The molecule has 0 radical (unpaired) electrons. The van der Waals surface area contributed by atoms with Gasteiger partial charge in [0.05, 0.1) is 0 Å². The molecule has 0 N–H and O–H groups in total. The molecule has 0 aliphatic carbocycles. The van der Waals surface area contributed by atoms with Crippen molar-refractivity contribution in [1.29, 1.82) is 0 Å². The van der Waals surface area contributed by atoms with Crippen molar-refractivity contribution in [1.82, 2.24) is 0 Å². The maximum absolute atomic E-state index is 12.2. The van der Waals surface area contributed by atoms with Gasteiger partial charge in [-0.05, 0) is 0 Å². The Kier molecular flexibility index (Phi) is 3.60. The first-order chi connectivity index (χ1) is 6.80. The van der Waals surface area contributed by atoms with Gasteiger partial charge in [0.2, 0.25) is 0 Å². The van der Waals surface area contributed by atoms with Crippen LogP contribution in [-0.4, -0.2) is 13.9 Å². The second kappa shape index (κ2) is 4.25. The van der Waals surface area contributed by atoms with Crippen LogP contribution in [0.3, 0.4) is 0 Å². The number of halogens is 3. The molecule has 0 aromatic heterocycles. The number of rotatable bonds is 2. The third kappa shape index (κ3) is 2.42. The van der Waals surface area contributed by atoms with E-state index in [0.29, 0.717) is 25.2 Å². The van der Waals surface area contributed by atoms with Crippen molar-refractivity contribution in [3.8, 4) is 5.75 Å². The van der Waals surface area contributed by atoms with Gasteiger partial charge in [0.25, 0.3) is 0 Å². The number of hydrogen-bond donors (Lipinski definition) is 0. The average molecular weight is 316 g/mol. The Morgan fingerprint density at radius 2 is 1.73 bits per heavy atom. The SMILES string of the molecule is O=S(=O)(c1ccccc1[O][Zr])C(F)(F)F. The van der Waals surface area contributed by atoms with E-state index in [0.717, 1.165) is 6.07 Å². The summed E-state index contributed by atoms with van der Waals surface area (Å²) in [5.41, 5.74) is -5.31. The fourth-order valence-corrected chi connectivity index (χ4v) is 2.38. The van der Waals surface area contributed by atoms with E-state index >= 15 is 0 Å². The molecule has 8 heteroatoms. The molecule has 1 rings (SSSR count). The summed E-state index contributed by atoms with van der Waals surface area (Å²) in [4.78, 5) is -0.852. The molecule has 0 aliphatic rings. The normalized spacial score (nSPS) is 12.4. The summed E-state index contributed by atoms with van der Waals surface area (Å²) in [5.74, 6) is -0.284. The van der Waals surface area contributed by atoms with Gasteiger partial charge in [0, 0.05) is 0 Å². The van der Waals surface area contributed by atoms with E-state index in [4.69, 9.17) is 0 Å². The van der Waals surface area contributed by atoms with Crippen molar-refractivity contribution < 1.29 is 49.6 Å². The zero-order chi connectivity index (χ0) is 11.7. The van der Waals surface area contributed by atoms with Crippen LogP contribution in [0.1, 0.15) is 0 Å². The van der Waals surface area contributed by atoms with Gasteiger partial charge in [-0.25, -0.2) is 0 Å². The molecule has 0 unspecified atom stereocenters. The molecule has 3 nitrogen and oxygen atoms in total. The first kappa shape index (κ1) is 12.7. The summed E-state index contributed by atoms with van der Waals surface area (Å²) in [7, 11) is -5.33. The molecule has 0 fully saturated rings. The van der Waals surface area contributed by atoms with Gasteiger partial charge < -0.3 is 0 Å². The predicted octanol–water partition coefficient (Wildman–Crippen LogP) is 1.82. The summed E-state index contributed by atoms with van der Waals surface area (Å²) in [6.45, 7) is 0. The van der Waals surface area contributed by atoms with Crippen LogP contribution in [0.15, 0.2) is 29.2 Å². The van der Waals surface area contributed by atoms with E-state index in [-0.39, 0.29) is 5.75 Å². The van der Waals surface area contributed by atoms with Crippen LogP contribution in [-0.2, 0) is 35.0 Å². The Balaban J connectivity index is 3.41. The van der Waals surface area contributed by atoms with Gasteiger partial charge >= 0.3 is 99.8 Å². The maximum atomic E-state index is 12.2. The molecule has 0 atom stereocenters. The molecular formula is C7H4F3O3SZr. The quantitative estimate of drug-likeness (QED) is 0.836. The minimum absolute atomic E-state index is 0.284. The van der Waals surface area contributed by atoms with Crippen LogP contribution < -0.4 is 2.81 Å². The summed E-state index contributed by atoms with van der Waals surface area (Å²) in [6.07, 6.45) is 0. The number of alkyl halides is 3. The molecule has 0 amide bonds. The standard InChI is InChI=1S/C7H5F3O3S.Zr/c8-7(9,10)14(12,13)6-4-2-1-3-5(6)11;/h1-4,11H;/q;+1/p-1. The van der Waals surface area contributed by atoms with E-state index < -0.39 is 20.2 Å². The fraction of sp³-hybridized carbons (Fsp3) is 0.143. The third-order valence-corrected chi connectivity index (χ3v) is 3.62. The van der Waals surface area contributed by atoms with E-state index in [1.807, 2.05) is 0 Å². The number of hydrogen-bond acceptors (Lipinski definition) is 3. The molecule has 0 aliphatic heterocycles. The molecule has 0 spiro atoms. The molecule has 1 aromatic carbocycles. The Labute approximate surface area is 99.6 Å². The molecule has 0 bridgehead atoms. The second-order valence-electron chi connectivity index (χ2n) is 2.50. The third-order valence-electron chi connectivity index (χ3n) is 1.55. The number of sulfone groups is 1. The van der Waals surface area contributed by atoms with Crippen LogP contribution in [0, 0.1) is 0 Å². The molecule has 1 aromatic rings. The van der Waals surface area contributed by atoms with Crippen molar-refractivity contribution in [2.24, 2.45) is 0 Å². The van der Waals surface area contributed by atoms with Gasteiger partial charge in [-0.15, -0.1) is 0 Å². The first-order valence-corrected chi connectivity index (χ1v) is 6.03. The van der Waals surface area contributed by atoms with Crippen molar-refractivity contribution in [2.45, 2.75) is 10.4 Å². The van der Waals surface area contributed by atoms with Crippen molar-refractivity contribution in [3.63, 3.8) is 0 Å². The Bertz CT molecular complexity index is 455. The van der Waals surface area contributed by atoms with Gasteiger partial charge in [0.15, 0.2) is 0 Å². The summed E-state index contributed by atoms with van der Waals surface area (Å²) >= 11 is 0.462. The number of benzene rings is 1. The van der Waals surface area contributed by atoms with Crippen molar-refractivity contribution >= 4 is 9.84 Å². The Morgan fingerprint density at radius 3 is 2.20 bits per heavy atom. The Hall–Kier alpha value is -0.357. The van der Waals surface area contributed by atoms with Crippen LogP contribution in [0.4, 0.5) is 13.2 Å². The topological polar surface area (TPSA) is 43.4 Å². The molecule has 0 saturated heterocycles. The van der Waals surface area contributed by atoms with Gasteiger partial charge in [-0.3, -0.25) is 0 Å². The van der Waals surface area contributed by atoms with Crippen molar-refractivity contribution in [2.75, 3.05) is 0 Å². The van der Waals surface area contributed by atoms with Gasteiger partial charge in [0.1, 0.15) is 0 Å². The van der Waals surface area contributed by atoms with E-state index in [1.165, 1.54) is 18.2 Å². The van der Waals surface area contributed by atoms with Crippen LogP contribution in [0.2, 0.25) is 0 Å². The predicted molar refractivity (Wildman–Crippen MR) is 40.3 cm³/mol. The summed E-state index contributed by atoms with van der Waals surface area (Å²) in [5, 5.41) is 0. The van der Waals surface area contributed by atoms with Crippen molar-refractivity contribution in [3.05, 3.63) is 24.3 Å². The van der Waals surface area contributed by atoms with Crippen LogP contribution in [0.25, 0.3) is 0 Å². The average Bonchev–Trinajstić information content (AvgIpc) is 2.16. The Morgan fingerprint density at radius 1 is 1.20 bits per heavy atom. The van der Waals surface area contributed by atoms with E-state index in [1.54, 1.807) is 0 Å². The second-order valence-corrected chi connectivity index (χ2v) is 4.91. The van der Waals surface area contributed by atoms with E-state index in [9.17, 15) is 21.6 Å².